The number of aliphatic hydroxyl groups is 1. The predicted molar refractivity (Wildman–Crippen MR) is 126 cm³/mol. The lowest BCUT2D eigenvalue weighted by Gasteiger charge is -2.37. The lowest BCUT2D eigenvalue weighted by atomic mass is 10.0. The van der Waals surface area contributed by atoms with Gasteiger partial charge in [-0.1, -0.05) is 25.1 Å². The molecular formula is C24H33N3O4S. The minimum absolute atomic E-state index is 0.0859. The third-order valence-corrected chi connectivity index (χ3v) is 7.76. The van der Waals surface area contributed by atoms with Crippen LogP contribution in [0.1, 0.15) is 31.9 Å². The van der Waals surface area contributed by atoms with Crippen LogP contribution in [0.5, 0.6) is 5.75 Å². The average molecular weight is 460 g/mol. The molecule has 2 aromatic rings. The SMILES string of the molecule is C/C=C/c1ccc2c(c1)O[C@@H](CN(C)Cc1ccncc1)[C@H](C)CN([C@@H](C)CO)S2(=O)=O. The van der Waals surface area contributed by atoms with E-state index in [0.29, 0.717) is 12.3 Å². The van der Waals surface area contributed by atoms with Crippen molar-refractivity contribution in [2.24, 2.45) is 5.92 Å². The van der Waals surface area contributed by atoms with E-state index in [9.17, 15) is 13.5 Å². The van der Waals surface area contributed by atoms with E-state index in [-0.39, 0.29) is 30.1 Å². The Bertz CT molecular complexity index is 1030. The van der Waals surface area contributed by atoms with Crippen LogP contribution >= 0.6 is 0 Å². The zero-order chi connectivity index (χ0) is 23.3. The number of rotatable bonds is 7. The number of pyridine rings is 1. The van der Waals surface area contributed by atoms with Gasteiger partial charge in [0.05, 0.1) is 6.61 Å². The summed E-state index contributed by atoms with van der Waals surface area (Å²) in [7, 11) is -1.79. The second-order valence-corrected chi connectivity index (χ2v) is 10.4. The van der Waals surface area contributed by atoms with Crippen LogP contribution in [0.2, 0.25) is 0 Å². The van der Waals surface area contributed by atoms with Crippen molar-refractivity contribution in [1.29, 1.82) is 0 Å². The van der Waals surface area contributed by atoms with Crippen molar-refractivity contribution in [3.63, 3.8) is 0 Å². The fraction of sp³-hybridized carbons (Fsp3) is 0.458. The van der Waals surface area contributed by atoms with Crippen molar-refractivity contribution in [3.05, 3.63) is 59.9 Å². The van der Waals surface area contributed by atoms with Crippen LogP contribution < -0.4 is 4.74 Å². The molecule has 3 rings (SSSR count). The Morgan fingerprint density at radius 3 is 2.69 bits per heavy atom. The highest BCUT2D eigenvalue weighted by atomic mass is 32.2. The van der Waals surface area contributed by atoms with E-state index in [1.165, 1.54) is 4.31 Å². The molecule has 1 aromatic carbocycles. The molecule has 174 valence electrons. The molecule has 0 fully saturated rings. The van der Waals surface area contributed by atoms with Gasteiger partial charge in [-0.3, -0.25) is 9.88 Å². The lowest BCUT2D eigenvalue weighted by molar-refractivity contribution is 0.0733. The zero-order valence-corrected chi connectivity index (χ0v) is 20.0. The summed E-state index contributed by atoms with van der Waals surface area (Å²) in [6, 6.07) is 8.59. The molecule has 2 heterocycles. The van der Waals surface area contributed by atoms with Crippen molar-refractivity contribution in [1.82, 2.24) is 14.2 Å². The van der Waals surface area contributed by atoms with Crippen LogP contribution in [0.4, 0.5) is 0 Å². The number of hydrogen-bond donors (Lipinski definition) is 1. The van der Waals surface area contributed by atoms with Crippen LogP contribution in [0.3, 0.4) is 0 Å². The number of fused-ring (bicyclic) bond motifs is 1. The van der Waals surface area contributed by atoms with Crippen molar-refractivity contribution in [2.45, 2.75) is 44.4 Å². The summed E-state index contributed by atoms with van der Waals surface area (Å²) >= 11 is 0. The molecule has 1 N–H and O–H groups in total. The number of aromatic nitrogens is 1. The summed E-state index contributed by atoms with van der Waals surface area (Å²) in [4.78, 5) is 6.37. The van der Waals surface area contributed by atoms with Gasteiger partial charge in [-0.25, -0.2) is 8.42 Å². The molecule has 7 nitrogen and oxygen atoms in total. The third-order valence-electron chi connectivity index (χ3n) is 5.74. The van der Waals surface area contributed by atoms with E-state index < -0.39 is 16.1 Å². The van der Waals surface area contributed by atoms with Crippen molar-refractivity contribution in [3.8, 4) is 5.75 Å². The molecule has 8 heteroatoms. The Kier molecular flexibility index (Phi) is 8.05. The van der Waals surface area contributed by atoms with Gasteiger partial charge in [0.1, 0.15) is 16.7 Å². The molecular weight excluding hydrogens is 426 g/mol. The Morgan fingerprint density at radius 1 is 1.31 bits per heavy atom. The van der Waals surface area contributed by atoms with Gasteiger partial charge in [0.15, 0.2) is 0 Å². The Labute approximate surface area is 191 Å². The summed E-state index contributed by atoms with van der Waals surface area (Å²) in [5.74, 6) is 0.266. The molecule has 0 saturated carbocycles. The van der Waals surface area contributed by atoms with E-state index in [2.05, 4.69) is 9.88 Å². The molecule has 0 radical (unpaired) electrons. The average Bonchev–Trinajstić information content (AvgIpc) is 2.76. The smallest absolute Gasteiger partial charge is 0.247 e. The maximum absolute atomic E-state index is 13.5. The topological polar surface area (TPSA) is 83.0 Å². The van der Waals surface area contributed by atoms with Gasteiger partial charge in [0, 0.05) is 44.0 Å². The van der Waals surface area contributed by atoms with Gasteiger partial charge < -0.3 is 9.84 Å². The Hall–Kier alpha value is -2.26. The molecule has 0 spiro atoms. The molecule has 1 aliphatic rings. The first-order chi connectivity index (χ1) is 15.3. The second kappa shape index (κ2) is 10.6. The van der Waals surface area contributed by atoms with E-state index in [1.807, 2.05) is 45.2 Å². The van der Waals surface area contributed by atoms with Crippen LogP contribution in [-0.2, 0) is 16.6 Å². The monoisotopic (exact) mass is 459 g/mol. The number of allylic oxidation sites excluding steroid dienone is 1. The molecule has 0 aliphatic carbocycles. The molecule has 3 atom stereocenters. The largest absolute Gasteiger partial charge is 0.487 e. The van der Waals surface area contributed by atoms with Gasteiger partial charge in [0.25, 0.3) is 0 Å². The summed E-state index contributed by atoms with van der Waals surface area (Å²) in [6.07, 6.45) is 7.14. The summed E-state index contributed by atoms with van der Waals surface area (Å²) < 4.78 is 34.7. The van der Waals surface area contributed by atoms with Crippen molar-refractivity contribution >= 4 is 16.1 Å². The standard InChI is InChI=1S/C24H33N3O4S/c1-5-6-20-7-8-24-22(13-20)31-23(16-26(4)15-21-9-11-25-12-10-21)18(2)14-27(19(3)17-28)32(24,29)30/h5-13,18-19,23,28H,14-17H2,1-4H3/b6-5+/t18-,19+,23+/m1/s1. The molecule has 1 aromatic heterocycles. The van der Waals surface area contributed by atoms with Crippen molar-refractivity contribution < 1.29 is 18.3 Å². The number of nitrogens with zero attached hydrogens (tertiary/aromatic N) is 3. The fourth-order valence-electron chi connectivity index (χ4n) is 3.93. The first-order valence-electron chi connectivity index (χ1n) is 10.9. The quantitative estimate of drug-likeness (QED) is 0.685. The first-order valence-corrected chi connectivity index (χ1v) is 12.3. The fourth-order valence-corrected chi connectivity index (χ4v) is 5.75. The van der Waals surface area contributed by atoms with Gasteiger partial charge >= 0.3 is 0 Å². The molecule has 0 amide bonds. The number of sulfonamides is 1. The maximum Gasteiger partial charge on any atom is 0.247 e. The summed E-state index contributed by atoms with van der Waals surface area (Å²) in [6.45, 7) is 7.02. The molecule has 0 saturated heterocycles. The number of hydrogen-bond acceptors (Lipinski definition) is 6. The van der Waals surface area contributed by atoms with Crippen LogP contribution in [-0.4, -0.2) is 66.6 Å². The summed E-state index contributed by atoms with van der Waals surface area (Å²) in [5.41, 5.74) is 2.02. The molecule has 0 bridgehead atoms. The van der Waals surface area contributed by atoms with Gasteiger partial charge in [-0.2, -0.15) is 4.31 Å². The van der Waals surface area contributed by atoms with Gasteiger partial charge in [0.2, 0.25) is 10.0 Å². The number of aliphatic hydroxyl groups excluding tert-OH is 1. The van der Waals surface area contributed by atoms with Crippen LogP contribution in [0.15, 0.2) is 53.7 Å². The summed E-state index contributed by atoms with van der Waals surface area (Å²) in [5, 5.41) is 9.75. The second-order valence-electron chi connectivity index (χ2n) is 8.50. The highest BCUT2D eigenvalue weighted by Crippen LogP contribution is 2.34. The molecule has 0 unspecified atom stereocenters. The minimum Gasteiger partial charge on any atom is -0.487 e. The normalized spacial score (nSPS) is 22.2. The van der Waals surface area contributed by atoms with Gasteiger partial charge in [-0.05, 0) is 56.3 Å². The molecule has 32 heavy (non-hydrogen) atoms. The van der Waals surface area contributed by atoms with Gasteiger partial charge in [-0.15, -0.1) is 0 Å². The number of likely N-dealkylation sites (N-methyl/N-ethyl adjacent to an activating group) is 1. The molecule has 1 aliphatic heterocycles. The maximum atomic E-state index is 13.5. The van der Waals surface area contributed by atoms with E-state index in [0.717, 1.165) is 17.7 Å². The van der Waals surface area contributed by atoms with E-state index in [4.69, 9.17) is 4.74 Å². The van der Waals surface area contributed by atoms with Crippen LogP contribution in [0, 0.1) is 5.92 Å². The lowest BCUT2D eigenvalue weighted by Crippen LogP contribution is -2.49. The number of ether oxygens (including phenoxy) is 1. The zero-order valence-electron chi connectivity index (χ0n) is 19.2. The Morgan fingerprint density at radius 2 is 2.03 bits per heavy atom. The predicted octanol–water partition coefficient (Wildman–Crippen LogP) is 3.02. The van der Waals surface area contributed by atoms with Crippen LogP contribution in [0.25, 0.3) is 6.08 Å². The Balaban J connectivity index is 1.97. The van der Waals surface area contributed by atoms with Crippen molar-refractivity contribution in [2.75, 3.05) is 26.7 Å². The number of benzene rings is 1. The minimum atomic E-state index is -3.82. The van der Waals surface area contributed by atoms with E-state index in [1.54, 1.807) is 37.5 Å². The van der Waals surface area contributed by atoms with E-state index >= 15 is 0 Å². The highest BCUT2D eigenvalue weighted by Gasteiger charge is 2.38. The first kappa shape index (κ1) is 24.4. The highest BCUT2D eigenvalue weighted by molar-refractivity contribution is 7.89. The third kappa shape index (κ3) is 5.56.